The third kappa shape index (κ3) is 3.02. The van der Waals surface area contributed by atoms with E-state index < -0.39 is 0 Å². The third-order valence-corrected chi connectivity index (χ3v) is 2.83. The lowest BCUT2D eigenvalue weighted by molar-refractivity contribution is 0.882. The molecule has 0 bridgehead atoms. The zero-order valence-corrected chi connectivity index (χ0v) is 11.6. The van der Waals surface area contributed by atoms with Crippen molar-refractivity contribution >= 4 is 5.95 Å². The quantitative estimate of drug-likeness (QED) is 0.769. The van der Waals surface area contributed by atoms with Gasteiger partial charge in [-0.1, -0.05) is 6.92 Å². The summed E-state index contributed by atoms with van der Waals surface area (Å²) in [7, 11) is 0. The van der Waals surface area contributed by atoms with Gasteiger partial charge in [0.05, 0.1) is 0 Å². The Morgan fingerprint density at radius 1 is 1.05 bits per heavy atom. The van der Waals surface area contributed by atoms with Gasteiger partial charge in [-0.2, -0.15) is 15.0 Å². The maximum atomic E-state index is 4.49. The van der Waals surface area contributed by atoms with Crippen molar-refractivity contribution in [2.24, 2.45) is 0 Å². The topological polar surface area (TPSA) is 81.4 Å². The fraction of sp³-hybridized carbons (Fsp3) is 0.214. The van der Waals surface area contributed by atoms with Crippen LogP contribution in [0.4, 0.5) is 5.95 Å². The number of nitrogens with one attached hydrogen (secondary N) is 1. The maximum absolute atomic E-state index is 4.49. The summed E-state index contributed by atoms with van der Waals surface area (Å²) in [6.07, 6.45) is 9.58. The number of pyridine rings is 1. The number of rotatable bonds is 5. The first kappa shape index (κ1) is 13.2. The fourth-order valence-corrected chi connectivity index (χ4v) is 1.80. The number of anilines is 1. The molecule has 0 saturated carbocycles. The monoisotopic (exact) mass is 281 g/mol. The molecule has 3 rings (SSSR count). The van der Waals surface area contributed by atoms with Crippen LogP contribution in [-0.2, 0) is 0 Å². The normalized spacial score (nSPS) is 10.5. The second-order valence-corrected chi connectivity index (χ2v) is 4.42. The van der Waals surface area contributed by atoms with E-state index in [2.05, 4.69) is 37.2 Å². The molecule has 0 aliphatic rings. The first-order valence-corrected chi connectivity index (χ1v) is 6.75. The van der Waals surface area contributed by atoms with Crippen LogP contribution in [0.15, 0.2) is 43.2 Å². The molecule has 0 radical (unpaired) electrons. The Kier molecular flexibility index (Phi) is 3.81. The lowest BCUT2D eigenvalue weighted by Crippen LogP contribution is -2.10. The summed E-state index contributed by atoms with van der Waals surface area (Å²) in [6, 6.07) is 3.74. The third-order valence-electron chi connectivity index (χ3n) is 2.83. The van der Waals surface area contributed by atoms with Crippen molar-refractivity contribution in [2.45, 2.75) is 13.3 Å². The first-order valence-electron chi connectivity index (χ1n) is 6.75. The molecule has 7 nitrogen and oxygen atoms in total. The van der Waals surface area contributed by atoms with E-state index in [1.165, 1.54) is 0 Å². The van der Waals surface area contributed by atoms with Gasteiger partial charge in [-0.05, 0) is 18.6 Å². The Morgan fingerprint density at radius 2 is 1.90 bits per heavy atom. The van der Waals surface area contributed by atoms with Crippen molar-refractivity contribution in [1.82, 2.24) is 29.5 Å². The molecule has 0 fully saturated rings. The SMILES string of the molecule is CCCNc1nc(-c2ccncc2)nc(-n2ccnc2)n1. The summed E-state index contributed by atoms with van der Waals surface area (Å²) in [5, 5.41) is 3.20. The summed E-state index contributed by atoms with van der Waals surface area (Å²) >= 11 is 0. The highest BCUT2D eigenvalue weighted by Gasteiger charge is 2.09. The summed E-state index contributed by atoms with van der Waals surface area (Å²) in [5.74, 6) is 1.70. The molecule has 0 atom stereocenters. The zero-order chi connectivity index (χ0) is 14.5. The van der Waals surface area contributed by atoms with E-state index in [9.17, 15) is 0 Å². The summed E-state index contributed by atoms with van der Waals surface area (Å²) in [5.41, 5.74) is 0.897. The second-order valence-electron chi connectivity index (χ2n) is 4.42. The molecule has 0 amide bonds. The Bertz CT molecular complexity index is 695. The average Bonchev–Trinajstić information content (AvgIpc) is 3.08. The molecule has 0 aliphatic carbocycles. The Labute approximate surface area is 122 Å². The summed E-state index contributed by atoms with van der Waals surface area (Å²) < 4.78 is 1.75. The van der Waals surface area contributed by atoms with Crippen molar-refractivity contribution < 1.29 is 0 Å². The zero-order valence-electron chi connectivity index (χ0n) is 11.6. The van der Waals surface area contributed by atoms with Crippen LogP contribution in [0.5, 0.6) is 0 Å². The number of hydrogen-bond donors (Lipinski definition) is 1. The van der Waals surface area contributed by atoms with Gasteiger partial charge < -0.3 is 5.32 Å². The van der Waals surface area contributed by atoms with E-state index in [0.717, 1.165) is 18.5 Å². The van der Waals surface area contributed by atoms with Crippen molar-refractivity contribution in [1.29, 1.82) is 0 Å². The van der Waals surface area contributed by atoms with Gasteiger partial charge in [-0.3, -0.25) is 9.55 Å². The molecule has 3 aromatic heterocycles. The summed E-state index contributed by atoms with van der Waals surface area (Å²) in [6.45, 7) is 2.90. The largest absolute Gasteiger partial charge is 0.354 e. The van der Waals surface area contributed by atoms with Gasteiger partial charge in [-0.25, -0.2) is 4.98 Å². The molecule has 7 heteroatoms. The van der Waals surface area contributed by atoms with E-state index in [1.54, 1.807) is 35.7 Å². The molecule has 0 saturated heterocycles. The molecule has 0 aromatic carbocycles. The molecular formula is C14H15N7. The van der Waals surface area contributed by atoms with Gasteiger partial charge in [0.1, 0.15) is 6.33 Å². The summed E-state index contributed by atoms with van der Waals surface area (Å²) in [4.78, 5) is 21.4. The molecule has 21 heavy (non-hydrogen) atoms. The van der Waals surface area contributed by atoms with E-state index >= 15 is 0 Å². The van der Waals surface area contributed by atoms with Crippen LogP contribution in [0.1, 0.15) is 13.3 Å². The van der Waals surface area contributed by atoms with Crippen LogP contribution in [0.3, 0.4) is 0 Å². The van der Waals surface area contributed by atoms with Crippen LogP contribution in [0, 0.1) is 0 Å². The molecule has 0 unspecified atom stereocenters. The molecule has 1 N–H and O–H groups in total. The lowest BCUT2D eigenvalue weighted by Gasteiger charge is -2.08. The number of aromatic nitrogens is 6. The maximum Gasteiger partial charge on any atom is 0.240 e. The minimum absolute atomic E-state index is 0.535. The second kappa shape index (κ2) is 6.08. The molecule has 3 aromatic rings. The Morgan fingerprint density at radius 3 is 2.62 bits per heavy atom. The van der Waals surface area contributed by atoms with Gasteiger partial charge in [0, 0.05) is 36.9 Å². The van der Waals surface area contributed by atoms with E-state index in [4.69, 9.17) is 0 Å². The van der Waals surface area contributed by atoms with E-state index in [-0.39, 0.29) is 0 Å². The van der Waals surface area contributed by atoms with Gasteiger partial charge in [0.2, 0.25) is 11.9 Å². The molecule has 3 heterocycles. The minimum atomic E-state index is 0.535. The van der Waals surface area contributed by atoms with Crippen LogP contribution >= 0.6 is 0 Å². The lowest BCUT2D eigenvalue weighted by atomic mass is 10.2. The van der Waals surface area contributed by atoms with Gasteiger partial charge in [-0.15, -0.1) is 0 Å². The Balaban J connectivity index is 2.05. The van der Waals surface area contributed by atoms with Crippen molar-refractivity contribution in [2.75, 3.05) is 11.9 Å². The van der Waals surface area contributed by atoms with Crippen molar-refractivity contribution in [3.8, 4) is 17.3 Å². The van der Waals surface area contributed by atoms with Crippen molar-refractivity contribution in [3.63, 3.8) is 0 Å². The van der Waals surface area contributed by atoms with Gasteiger partial charge in [0.15, 0.2) is 5.82 Å². The highest BCUT2D eigenvalue weighted by atomic mass is 15.2. The van der Waals surface area contributed by atoms with Crippen molar-refractivity contribution in [3.05, 3.63) is 43.2 Å². The average molecular weight is 281 g/mol. The highest BCUT2D eigenvalue weighted by molar-refractivity contribution is 5.55. The number of hydrogen-bond acceptors (Lipinski definition) is 6. The van der Waals surface area contributed by atoms with Gasteiger partial charge in [0.25, 0.3) is 0 Å². The van der Waals surface area contributed by atoms with Crippen LogP contribution < -0.4 is 5.32 Å². The molecule has 0 aliphatic heterocycles. The highest BCUT2D eigenvalue weighted by Crippen LogP contribution is 2.16. The van der Waals surface area contributed by atoms with Crippen LogP contribution in [0.25, 0.3) is 17.3 Å². The van der Waals surface area contributed by atoms with Gasteiger partial charge >= 0.3 is 0 Å². The smallest absolute Gasteiger partial charge is 0.240 e. The van der Waals surface area contributed by atoms with E-state index in [0.29, 0.717) is 17.7 Å². The predicted octanol–water partition coefficient (Wildman–Crippen LogP) is 1.94. The minimum Gasteiger partial charge on any atom is -0.354 e. The fourth-order valence-electron chi connectivity index (χ4n) is 1.80. The number of imidazole rings is 1. The van der Waals surface area contributed by atoms with Crippen LogP contribution in [-0.4, -0.2) is 36.0 Å². The van der Waals surface area contributed by atoms with Crippen LogP contribution in [0.2, 0.25) is 0 Å². The van der Waals surface area contributed by atoms with E-state index in [1.807, 2.05) is 12.1 Å². The Hall–Kier alpha value is -2.83. The molecule has 106 valence electrons. The molecular weight excluding hydrogens is 266 g/mol. The number of nitrogens with zero attached hydrogens (tertiary/aromatic N) is 6. The molecule has 0 spiro atoms. The predicted molar refractivity (Wildman–Crippen MR) is 79.0 cm³/mol. The standard InChI is InChI=1S/C14H15N7/c1-2-5-17-13-18-12(11-3-6-15-7-4-11)19-14(20-13)21-9-8-16-10-21/h3-4,6-10H,2,5H2,1H3,(H,17,18,19,20). The first-order chi connectivity index (χ1) is 10.4.